The van der Waals surface area contributed by atoms with Gasteiger partial charge in [-0.2, -0.15) is 0 Å². The maximum Gasteiger partial charge on any atom is 0.257 e. The molecule has 0 spiro atoms. The molecule has 1 amide bonds. The topological polar surface area (TPSA) is 41.5 Å². The Morgan fingerprint density at radius 3 is 2.42 bits per heavy atom. The Bertz CT molecular complexity index is 710. The molecule has 0 unspecified atom stereocenters. The van der Waals surface area contributed by atoms with Gasteiger partial charge in [0.2, 0.25) is 0 Å². The highest BCUT2D eigenvalue weighted by atomic mass is 35.5. The van der Waals surface area contributed by atoms with E-state index in [0.29, 0.717) is 27.1 Å². The summed E-state index contributed by atoms with van der Waals surface area (Å²) in [6.45, 7) is 0. The van der Waals surface area contributed by atoms with Gasteiger partial charge in [0.25, 0.3) is 5.91 Å². The van der Waals surface area contributed by atoms with E-state index in [-0.39, 0.29) is 5.91 Å². The van der Waals surface area contributed by atoms with Crippen LogP contribution in [-0.4, -0.2) is 11.7 Å². The fraction of sp³-hybridized carbons (Fsp3) is 0. The van der Waals surface area contributed by atoms with E-state index in [4.69, 9.17) is 23.2 Å². The zero-order valence-corrected chi connectivity index (χ0v) is 11.2. The van der Waals surface area contributed by atoms with Gasteiger partial charge < -0.3 is 5.32 Å². The fourth-order valence-electron chi connectivity index (χ4n) is 1.90. The highest BCUT2D eigenvalue weighted by molar-refractivity contribution is 6.42. The third kappa shape index (κ3) is 2.23. The second-order valence-electron chi connectivity index (χ2n) is 4.06. The van der Waals surface area contributed by atoms with Crippen LogP contribution in [0.1, 0.15) is 15.9 Å². The Kier molecular flexibility index (Phi) is 3.01. The van der Waals surface area contributed by atoms with E-state index in [0.717, 1.165) is 5.56 Å². The number of hydrogen-bond donors (Lipinski definition) is 1. The Morgan fingerprint density at radius 2 is 1.68 bits per heavy atom. The molecule has 0 bridgehead atoms. The largest absolute Gasteiger partial charge is 0.306 e. The van der Waals surface area contributed by atoms with Crippen molar-refractivity contribution in [2.75, 3.05) is 0 Å². The molecule has 0 saturated carbocycles. The van der Waals surface area contributed by atoms with E-state index in [1.54, 1.807) is 24.3 Å². The molecule has 1 aliphatic heterocycles. The smallest absolute Gasteiger partial charge is 0.257 e. The van der Waals surface area contributed by atoms with Crippen LogP contribution in [0.5, 0.6) is 0 Å². The fourth-order valence-corrected chi connectivity index (χ4v) is 2.19. The molecule has 3 nitrogen and oxygen atoms in total. The van der Waals surface area contributed by atoms with Gasteiger partial charge in [-0.25, -0.2) is 4.99 Å². The molecule has 0 atom stereocenters. The Morgan fingerprint density at radius 1 is 0.947 bits per heavy atom. The van der Waals surface area contributed by atoms with Gasteiger partial charge in [-0.1, -0.05) is 41.4 Å². The number of amidine groups is 1. The number of halogens is 2. The molecule has 0 aromatic heterocycles. The van der Waals surface area contributed by atoms with Gasteiger partial charge in [0, 0.05) is 5.56 Å². The summed E-state index contributed by atoms with van der Waals surface area (Å²) in [5, 5.41) is 3.64. The Hall–Kier alpha value is -1.84. The molecule has 94 valence electrons. The van der Waals surface area contributed by atoms with Crippen LogP contribution < -0.4 is 5.32 Å². The molecule has 0 saturated heterocycles. The van der Waals surface area contributed by atoms with E-state index >= 15 is 0 Å². The number of carbonyl (C=O) groups is 1. The summed E-state index contributed by atoms with van der Waals surface area (Å²) >= 11 is 11.8. The van der Waals surface area contributed by atoms with Crippen LogP contribution in [0, 0.1) is 0 Å². The third-order valence-corrected chi connectivity index (χ3v) is 3.54. The van der Waals surface area contributed by atoms with Gasteiger partial charge in [0.05, 0.1) is 21.3 Å². The summed E-state index contributed by atoms with van der Waals surface area (Å²) in [6, 6.07) is 12.4. The highest BCUT2D eigenvalue weighted by Crippen LogP contribution is 2.27. The molecule has 19 heavy (non-hydrogen) atoms. The predicted molar refractivity (Wildman–Crippen MR) is 76.6 cm³/mol. The van der Waals surface area contributed by atoms with Crippen LogP contribution >= 0.6 is 23.2 Å². The van der Waals surface area contributed by atoms with Crippen molar-refractivity contribution in [3.05, 3.63) is 63.6 Å². The minimum absolute atomic E-state index is 0.144. The van der Waals surface area contributed by atoms with Crippen LogP contribution in [0.4, 0.5) is 5.69 Å². The molecule has 1 heterocycles. The molecular formula is C14H8Cl2N2O. The number of hydrogen-bond acceptors (Lipinski definition) is 2. The van der Waals surface area contributed by atoms with E-state index in [1.165, 1.54) is 0 Å². The van der Waals surface area contributed by atoms with Crippen LogP contribution in [0.25, 0.3) is 0 Å². The second-order valence-corrected chi connectivity index (χ2v) is 4.87. The van der Waals surface area contributed by atoms with Gasteiger partial charge in [-0.3, -0.25) is 4.79 Å². The number of amides is 1. The predicted octanol–water partition coefficient (Wildman–Crippen LogP) is 3.82. The van der Waals surface area contributed by atoms with Gasteiger partial charge >= 0.3 is 0 Å². The van der Waals surface area contributed by atoms with Crippen LogP contribution in [0.3, 0.4) is 0 Å². The summed E-state index contributed by atoms with van der Waals surface area (Å²) in [5.41, 5.74) is 2.06. The number of rotatable bonds is 1. The van der Waals surface area contributed by atoms with Crippen LogP contribution in [-0.2, 0) is 0 Å². The van der Waals surface area contributed by atoms with E-state index in [9.17, 15) is 4.79 Å². The number of benzene rings is 2. The maximum absolute atomic E-state index is 11.7. The summed E-state index contributed by atoms with van der Waals surface area (Å²) in [4.78, 5) is 16.1. The van der Waals surface area contributed by atoms with Gasteiger partial charge in [0.15, 0.2) is 0 Å². The first-order chi connectivity index (χ1) is 9.15. The first-order valence-corrected chi connectivity index (χ1v) is 6.35. The third-order valence-electron chi connectivity index (χ3n) is 2.80. The maximum atomic E-state index is 11.7. The molecular weight excluding hydrogens is 283 g/mol. The lowest BCUT2D eigenvalue weighted by Gasteiger charge is -2.01. The monoisotopic (exact) mass is 290 g/mol. The molecule has 0 aliphatic carbocycles. The lowest BCUT2D eigenvalue weighted by molar-refractivity contribution is 0.0983. The molecule has 3 rings (SSSR count). The second kappa shape index (κ2) is 4.68. The van der Waals surface area contributed by atoms with E-state index in [2.05, 4.69) is 10.3 Å². The Balaban J connectivity index is 2.06. The average molecular weight is 291 g/mol. The standard InChI is InChI=1S/C14H8Cl2N2O/c15-11-6-5-8(7-12(11)16)17-13-9-3-1-2-4-10(9)14(19)18-13/h1-7H,(H,17,18,19). The SMILES string of the molecule is O=C1NC(=Nc2ccc(Cl)c(Cl)c2)c2ccccc21. The molecule has 2 aromatic carbocycles. The normalized spacial score (nSPS) is 15.5. The minimum atomic E-state index is -0.144. The van der Waals surface area contributed by atoms with Crippen LogP contribution in [0.2, 0.25) is 10.0 Å². The molecule has 0 fully saturated rings. The highest BCUT2D eigenvalue weighted by Gasteiger charge is 2.24. The van der Waals surface area contributed by atoms with Gasteiger partial charge in [-0.05, 0) is 24.3 Å². The van der Waals surface area contributed by atoms with Crippen molar-refractivity contribution in [3.8, 4) is 0 Å². The number of aliphatic imine (C=N–C) groups is 1. The van der Waals surface area contributed by atoms with Gasteiger partial charge in [-0.15, -0.1) is 0 Å². The quantitative estimate of drug-likeness (QED) is 0.852. The zero-order valence-electron chi connectivity index (χ0n) is 9.65. The van der Waals surface area contributed by atoms with E-state index in [1.807, 2.05) is 18.2 Å². The lowest BCUT2D eigenvalue weighted by atomic mass is 10.1. The van der Waals surface area contributed by atoms with Crippen LogP contribution in [0.15, 0.2) is 47.5 Å². The summed E-state index contributed by atoms with van der Waals surface area (Å²) in [5.74, 6) is 0.383. The summed E-state index contributed by atoms with van der Waals surface area (Å²) < 4.78 is 0. The van der Waals surface area contributed by atoms with Crippen molar-refractivity contribution in [1.82, 2.24) is 5.32 Å². The van der Waals surface area contributed by atoms with Gasteiger partial charge in [0.1, 0.15) is 5.84 Å². The zero-order chi connectivity index (χ0) is 13.4. The van der Waals surface area contributed by atoms with Crippen molar-refractivity contribution >= 4 is 40.6 Å². The number of carbonyl (C=O) groups excluding carboxylic acids is 1. The number of nitrogens with zero attached hydrogens (tertiary/aromatic N) is 1. The summed E-state index contributed by atoms with van der Waals surface area (Å²) in [6.07, 6.45) is 0. The van der Waals surface area contributed by atoms with Crippen molar-refractivity contribution in [2.45, 2.75) is 0 Å². The van der Waals surface area contributed by atoms with Crippen molar-refractivity contribution < 1.29 is 4.79 Å². The molecule has 1 N–H and O–H groups in total. The number of nitrogens with one attached hydrogen (secondary N) is 1. The van der Waals surface area contributed by atoms with Crippen molar-refractivity contribution in [1.29, 1.82) is 0 Å². The average Bonchev–Trinajstić information content (AvgIpc) is 2.72. The first-order valence-electron chi connectivity index (χ1n) is 5.59. The van der Waals surface area contributed by atoms with Crippen molar-refractivity contribution in [2.24, 2.45) is 4.99 Å². The molecule has 1 aliphatic rings. The molecule has 2 aromatic rings. The molecule has 0 radical (unpaired) electrons. The number of fused-ring (bicyclic) bond motifs is 1. The molecule has 5 heteroatoms. The minimum Gasteiger partial charge on any atom is -0.306 e. The Labute approximate surface area is 119 Å². The van der Waals surface area contributed by atoms with E-state index < -0.39 is 0 Å². The summed E-state index contributed by atoms with van der Waals surface area (Å²) in [7, 11) is 0. The first kappa shape index (κ1) is 12.2. The lowest BCUT2D eigenvalue weighted by Crippen LogP contribution is -2.21. The van der Waals surface area contributed by atoms with Crippen molar-refractivity contribution in [3.63, 3.8) is 0 Å².